The van der Waals surface area contributed by atoms with Crippen LogP contribution in [0.4, 0.5) is 34.1 Å². The van der Waals surface area contributed by atoms with Crippen molar-refractivity contribution >= 4 is 57.2 Å². The van der Waals surface area contributed by atoms with Gasteiger partial charge >= 0.3 is 0 Å². The molecule has 0 radical (unpaired) electrons. The molecule has 0 aromatic heterocycles. The van der Waals surface area contributed by atoms with Crippen molar-refractivity contribution < 1.29 is 0 Å². The SMILES string of the molecule is Cc1ccc2c(c1)B1c3ccccc3N(c3ccccc3)c3cccc(c31)N2c1ccccc1. The summed E-state index contributed by atoms with van der Waals surface area (Å²) in [5, 5.41) is 0. The Labute approximate surface area is 200 Å². The Kier molecular flexibility index (Phi) is 4.19. The molecule has 7 rings (SSSR count). The second kappa shape index (κ2) is 7.39. The fourth-order valence-electron chi connectivity index (χ4n) is 5.72. The summed E-state index contributed by atoms with van der Waals surface area (Å²) in [6.07, 6.45) is 0. The molecule has 0 N–H and O–H groups in total. The van der Waals surface area contributed by atoms with Crippen molar-refractivity contribution in [3.05, 3.63) is 127 Å². The molecule has 0 amide bonds. The molecule has 34 heavy (non-hydrogen) atoms. The quantitative estimate of drug-likeness (QED) is 0.305. The van der Waals surface area contributed by atoms with Gasteiger partial charge in [-0.3, -0.25) is 0 Å². The summed E-state index contributed by atoms with van der Waals surface area (Å²) in [5.41, 5.74) is 12.8. The largest absolute Gasteiger partial charge is 0.311 e. The zero-order valence-electron chi connectivity index (χ0n) is 19.0. The zero-order valence-corrected chi connectivity index (χ0v) is 19.0. The number of rotatable bonds is 2. The summed E-state index contributed by atoms with van der Waals surface area (Å²) in [7, 11) is 0. The molecule has 0 aliphatic carbocycles. The molecule has 0 fully saturated rings. The van der Waals surface area contributed by atoms with Gasteiger partial charge in [0.2, 0.25) is 0 Å². The number of anilines is 6. The predicted octanol–water partition coefficient (Wildman–Crippen LogP) is 6.08. The first-order chi connectivity index (χ1) is 16.8. The Hall–Kier alpha value is -4.24. The second-order valence-electron chi connectivity index (χ2n) is 9.11. The van der Waals surface area contributed by atoms with Crippen molar-refractivity contribution in [3.8, 4) is 0 Å². The first-order valence-corrected chi connectivity index (χ1v) is 11.8. The number of fused-ring (bicyclic) bond motifs is 4. The maximum absolute atomic E-state index is 2.43. The van der Waals surface area contributed by atoms with Crippen LogP contribution in [0.25, 0.3) is 0 Å². The predicted molar refractivity (Wildman–Crippen MR) is 145 cm³/mol. The molecule has 0 unspecified atom stereocenters. The van der Waals surface area contributed by atoms with Gasteiger partial charge in [-0.25, -0.2) is 0 Å². The van der Waals surface area contributed by atoms with Gasteiger partial charge in [-0.15, -0.1) is 0 Å². The first-order valence-electron chi connectivity index (χ1n) is 11.8. The summed E-state index contributed by atoms with van der Waals surface area (Å²) in [6, 6.07) is 44.0. The van der Waals surface area contributed by atoms with Crippen LogP contribution in [0.5, 0.6) is 0 Å². The molecule has 3 heteroatoms. The highest BCUT2D eigenvalue weighted by molar-refractivity contribution is 7.00. The molecule has 2 nitrogen and oxygen atoms in total. The fraction of sp³-hybridized carbons (Fsp3) is 0.0323. The van der Waals surface area contributed by atoms with Gasteiger partial charge in [-0.2, -0.15) is 0 Å². The number of hydrogen-bond acceptors (Lipinski definition) is 2. The van der Waals surface area contributed by atoms with E-state index in [1.807, 2.05) is 0 Å². The van der Waals surface area contributed by atoms with E-state index in [1.54, 1.807) is 0 Å². The lowest BCUT2D eigenvalue weighted by atomic mass is 9.33. The van der Waals surface area contributed by atoms with Gasteiger partial charge in [-0.05, 0) is 71.8 Å². The van der Waals surface area contributed by atoms with Gasteiger partial charge in [0.05, 0.1) is 0 Å². The van der Waals surface area contributed by atoms with E-state index in [1.165, 1.54) is 56.1 Å². The van der Waals surface area contributed by atoms with Crippen LogP contribution in [0.1, 0.15) is 5.56 Å². The molecule has 160 valence electrons. The van der Waals surface area contributed by atoms with E-state index in [0.717, 1.165) is 0 Å². The Morgan fingerprint density at radius 1 is 0.471 bits per heavy atom. The number of aryl methyl sites for hydroxylation is 1. The van der Waals surface area contributed by atoms with Crippen molar-refractivity contribution in [2.75, 3.05) is 9.80 Å². The van der Waals surface area contributed by atoms with Crippen molar-refractivity contribution in [2.45, 2.75) is 6.92 Å². The maximum Gasteiger partial charge on any atom is 0.252 e. The van der Waals surface area contributed by atoms with E-state index in [-0.39, 0.29) is 6.71 Å². The van der Waals surface area contributed by atoms with Crippen molar-refractivity contribution in [3.63, 3.8) is 0 Å². The Bertz CT molecular complexity index is 1510. The van der Waals surface area contributed by atoms with E-state index < -0.39 is 0 Å². The minimum absolute atomic E-state index is 0.192. The van der Waals surface area contributed by atoms with Crippen LogP contribution in [0.2, 0.25) is 0 Å². The minimum atomic E-state index is 0.192. The zero-order chi connectivity index (χ0) is 22.6. The Morgan fingerprint density at radius 2 is 1.00 bits per heavy atom. The van der Waals surface area contributed by atoms with Crippen LogP contribution in [0, 0.1) is 6.92 Å². The van der Waals surface area contributed by atoms with Crippen LogP contribution in [-0.2, 0) is 0 Å². The lowest BCUT2D eigenvalue weighted by molar-refractivity contribution is 1.25. The summed E-state index contributed by atoms with van der Waals surface area (Å²) in [5.74, 6) is 0. The van der Waals surface area contributed by atoms with Crippen LogP contribution in [0.3, 0.4) is 0 Å². The lowest BCUT2D eigenvalue weighted by Crippen LogP contribution is -2.61. The molecule has 2 heterocycles. The topological polar surface area (TPSA) is 6.48 Å². The molecule has 2 aliphatic rings. The van der Waals surface area contributed by atoms with Crippen LogP contribution < -0.4 is 26.2 Å². The summed E-state index contributed by atoms with van der Waals surface area (Å²) >= 11 is 0. The number of nitrogens with zero attached hydrogens (tertiary/aromatic N) is 2. The standard InChI is InChI=1S/C31H23BN2/c1-22-19-20-28-26(21-22)32-25-15-8-9-16-27(25)33(23-11-4-2-5-12-23)29-17-10-18-30(31(29)32)34(28)24-13-6-3-7-14-24/h2-21H,1H3. The number of benzene rings is 5. The third-order valence-electron chi connectivity index (χ3n) is 7.08. The van der Waals surface area contributed by atoms with E-state index in [0.29, 0.717) is 0 Å². The smallest absolute Gasteiger partial charge is 0.252 e. The first kappa shape index (κ1) is 19.3. The normalized spacial score (nSPS) is 13.3. The maximum atomic E-state index is 2.43. The third-order valence-corrected chi connectivity index (χ3v) is 7.08. The average Bonchev–Trinajstić information content (AvgIpc) is 2.89. The number of hydrogen-bond donors (Lipinski definition) is 0. The van der Waals surface area contributed by atoms with Crippen molar-refractivity contribution in [1.29, 1.82) is 0 Å². The minimum Gasteiger partial charge on any atom is -0.311 e. The van der Waals surface area contributed by atoms with Crippen molar-refractivity contribution in [2.24, 2.45) is 0 Å². The Morgan fingerprint density at radius 3 is 1.65 bits per heavy atom. The lowest BCUT2D eigenvalue weighted by Gasteiger charge is -2.44. The fourth-order valence-corrected chi connectivity index (χ4v) is 5.72. The summed E-state index contributed by atoms with van der Waals surface area (Å²) in [6.45, 7) is 2.39. The van der Waals surface area contributed by atoms with Crippen LogP contribution >= 0.6 is 0 Å². The van der Waals surface area contributed by atoms with E-state index >= 15 is 0 Å². The summed E-state index contributed by atoms with van der Waals surface area (Å²) in [4.78, 5) is 4.86. The van der Waals surface area contributed by atoms with E-state index in [2.05, 4.69) is 138 Å². The molecule has 0 saturated carbocycles. The van der Waals surface area contributed by atoms with Gasteiger partial charge in [0, 0.05) is 34.1 Å². The van der Waals surface area contributed by atoms with Gasteiger partial charge in [-0.1, -0.05) is 78.4 Å². The molecular weight excluding hydrogens is 411 g/mol. The molecule has 0 saturated heterocycles. The molecule has 0 atom stereocenters. The summed E-state index contributed by atoms with van der Waals surface area (Å²) < 4.78 is 0. The van der Waals surface area contributed by atoms with E-state index in [4.69, 9.17) is 0 Å². The highest BCUT2D eigenvalue weighted by atomic mass is 15.2. The highest BCUT2D eigenvalue weighted by Crippen LogP contribution is 2.43. The Balaban J connectivity index is 1.59. The molecule has 5 aromatic rings. The van der Waals surface area contributed by atoms with Crippen LogP contribution in [0.15, 0.2) is 121 Å². The molecule has 5 aromatic carbocycles. The molecule has 2 aliphatic heterocycles. The van der Waals surface area contributed by atoms with Gasteiger partial charge in [0.15, 0.2) is 0 Å². The van der Waals surface area contributed by atoms with E-state index in [9.17, 15) is 0 Å². The van der Waals surface area contributed by atoms with Gasteiger partial charge in [0.1, 0.15) is 0 Å². The third kappa shape index (κ3) is 2.70. The average molecular weight is 434 g/mol. The molecule has 0 spiro atoms. The van der Waals surface area contributed by atoms with Gasteiger partial charge < -0.3 is 9.80 Å². The van der Waals surface area contributed by atoms with Crippen molar-refractivity contribution in [1.82, 2.24) is 0 Å². The van der Waals surface area contributed by atoms with Crippen LogP contribution in [-0.4, -0.2) is 6.71 Å². The highest BCUT2D eigenvalue weighted by Gasteiger charge is 2.42. The molecular formula is C31H23BN2. The number of para-hydroxylation sites is 3. The van der Waals surface area contributed by atoms with Gasteiger partial charge in [0.25, 0.3) is 6.71 Å². The monoisotopic (exact) mass is 434 g/mol. The second-order valence-corrected chi connectivity index (χ2v) is 9.11. The molecule has 0 bridgehead atoms.